The first-order chi connectivity index (χ1) is 10.1. The van der Waals surface area contributed by atoms with Crippen molar-refractivity contribution in [1.82, 2.24) is 4.98 Å². The Hall–Kier alpha value is -2.63. The summed E-state index contributed by atoms with van der Waals surface area (Å²) in [6.07, 6.45) is 1.53. The third kappa shape index (κ3) is 3.68. The van der Waals surface area contributed by atoms with Gasteiger partial charge < -0.3 is 10.1 Å². The van der Waals surface area contributed by atoms with Crippen LogP contribution in [0.2, 0.25) is 0 Å². The van der Waals surface area contributed by atoms with Crippen LogP contribution < -0.4 is 10.1 Å². The summed E-state index contributed by atoms with van der Waals surface area (Å²) in [4.78, 5) is 14.6. The molecule has 110 valence electrons. The molecule has 0 radical (unpaired) electrons. The fourth-order valence-electron chi connectivity index (χ4n) is 1.98. The molecule has 0 amide bonds. The first-order valence-electron chi connectivity index (χ1n) is 6.70. The first kappa shape index (κ1) is 14.8. The Balaban J connectivity index is 2.20. The third-order valence-electron chi connectivity index (χ3n) is 3.01. The molecule has 1 aromatic heterocycles. The summed E-state index contributed by atoms with van der Waals surface area (Å²) in [7, 11) is 0. The van der Waals surface area contributed by atoms with Gasteiger partial charge in [0.2, 0.25) is 5.82 Å². The lowest BCUT2D eigenvalue weighted by Gasteiger charge is -2.15. The van der Waals surface area contributed by atoms with Crippen LogP contribution in [0.25, 0.3) is 0 Å². The molecule has 0 aliphatic heterocycles. The summed E-state index contributed by atoms with van der Waals surface area (Å²) in [5.74, 6) is 1.04. The quantitative estimate of drug-likeness (QED) is 0.649. The van der Waals surface area contributed by atoms with E-state index in [4.69, 9.17) is 4.74 Å². The van der Waals surface area contributed by atoms with Crippen molar-refractivity contribution in [2.24, 2.45) is 0 Å². The third-order valence-corrected chi connectivity index (χ3v) is 3.01. The van der Waals surface area contributed by atoms with Gasteiger partial charge in [0.15, 0.2) is 0 Å². The van der Waals surface area contributed by atoms with Gasteiger partial charge in [0, 0.05) is 12.3 Å². The predicted octanol–water partition coefficient (Wildman–Crippen LogP) is 3.56. The van der Waals surface area contributed by atoms with Gasteiger partial charge in [-0.3, -0.25) is 10.1 Å². The van der Waals surface area contributed by atoms with Crippen LogP contribution in [-0.4, -0.2) is 16.5 Å². The summed E-state index contributed by atoms with van der Waals surface area (Å²) in [6, 6.07) is 10.5. The number of nitrogens with one attached hydrogen (secondary N) is 1. The summed E-state index contributed by atoms with van der Waals surface area (Å²) in [6.45, 7) is 4.44. The van der Waals surface area contributed by atoms with E-state index >= 15 is 0 Å². The van der Waals surface area contributed by atoms with E-state index in [2.05, 4.69) is 10.3 Å². The number of benzene rings is 1. The highest BCUT2D eigenvalue weighted by Crippen LogP contribution is 2.26. The second-order valence-electron chi connectivity index (χ2n) is 4.50. The van der Waals surface area contributed by atoms with Crippen molar-refractivity contribution >= 4 is 11.5 Å². The maximum Gasteiger partial charge on any atom is 0.311 e. The molecule has 1 heterocycles. The molecule has 6 heteroatoms. The zero-order chi connectivity index (χ0) is 15.2. The number of hydrogen-bond donors (Lipinski definition) is 1. The van der Waals surface area contributed by atoms with Gasteiger partial charge in [0.1, 0.15) is 5.75 Å². The number of pyridine rings is 1. The Morgan fingerprint density at radius 2 is 2.19 bits per heavy atom. The number of hydrogen-bond acceptors (Lipinski definition) is 5. The molecule has 0 aliphatic rings. The smallest absolute Gasteiger partial charge is 0.311 e. The monoisotopic (exact) mass is 287 g/mol. The minimum absolute atomic E-state index is 0.0367. The van der Waals surface area contributed by atoms with Crippen LogP contribution in [0.1, 0.15) is 25.5 Å². The van der Waals surface area contributed by atoms with Crippen molar-refractivity contribution < 1.29 is 9.66 Å². The Kier molecular flexibility index (Phi) is 4.71. The summed E-state index contributed by atoms with van der Waals surface area (Å²) in [5, 5.41) is 14.1. The highest BCUT2D eigenvalue weighted by atomic mass is 16.6. The van der Waals surface area contributed by atoms with Crippen molar-refractivity contribution in [2.75, 3.05) is 11.9 Å². The molecule has 0 saturated heterocycles. The number of nitrogens with zero attached hydrogens (tertiary/aromatic N) is 2. The van der Waals surface area contributed by atoms with Gasteiger partial charge in [0.05, 0.1) is 17.6 Å². The van der Waals surface area contributed by atoms with Gasteiger partial charge in [-0.25, -0.2) is 4.98 Å². The van der Waals surface area contributed by atoms with E-state index in [0.717, 1.165) is 11.3 Å². The standard InChI is InChI=1S/C15H17N3O3/c1-3-21-13-7-4-6-12(10-13)11(2)17-15-14(18(19)20)8-5-9-16-15/h4-11H,3H2,1-2H3,(H,16,17). The van der Waals surface area contributed by atoms with E-state index in [1.807, 2.05) is 38.1 Å². The number of rotatable bonds is 6. The predicted molar refractivity (Wildman–Crippen MR) is 80.5 cm³/mol. The Morgan fingerprint density at radius 3 is 2.90 bits per heavy atom. The molecule has 1 unspecified atom stereocenters. The zero-order valence-electron chi connectivity index (χ0n) is 11.9. The number of ether oxygens (including phenoxy) is 1. The second kappa shape index (κ2) is 6.69. The maximum absolute atomic E-state index is 11.0. The number of anilines is 1. The van der Waals surface area contributed by atoms with E-state index in [9.17, 15) is 10.1 Å². The van der Waals surface area contributed by atoms with Crippen LogP contribution in [0.4, 0.5) is 11.5 Å². The Bertz CT molecular complexity index is 631. The van der Waals surface area contributed by atoms with Gasteiger partial charge in [-0.1, -0.05) is 12.1 Å². The minimum Gasteiger partial charge on any atom is -0.494 e. The molecule has 0 fully saturated rings. The molecule has 1 aromatic carbocycles. The van der Waals surface area contributed by atoms with E-state index in [1.54, 1.807) is 6.07 Å². The molecule has 6 nitrogen and oxygen atoms in total. The van der Waals surface area contributed by atoms with Crippen LogP contribution in [-0.2, 0) is 0 Å². The lowest BCUT2D eigenvalue weighted by molar-refractivity contribution is -0.384. The van der Waals surface area contributed by atoms with Gasteiger partial charge in [0.25, 0.3) is 0 Å². The summed E-state index contributed by atoms with van der Waals surface area (Å²) >= 11 is 0. The number of aromatic nitrogens is 1. The van der Waals surface area contributed by atoms with Crippen LogP contribution in [0.5, 0.6) is 5.75 Å². The molecular formula is C15H17N3O3. The van der Waals surface area contributed by atoms with Crippen molar-refractivity contribution in [2.45, 2.75) is 19.9 Å². The van der Waals surface area contributed by atoms with Crippen LogP contribution >= 0.6 is 0 Å². The van der Waals surface area contributed by atoms with E-state index in [0.29, 0.717) is 6.61 Å². The Labute approximate surface area is 122 Å². The topological polar surface area (TPSA) is 77.3 Å². The SMILES string of the molecule is CCOc1cccc(C(C)Nc2ncccc2[N+](=O)[O-])c1. The summed E-state index contributed by atoms with van der Waals surface area (Å²) < 4.78 is 5.46. The maximum atomic E-state index is 11.0. The molecular weight excluding hydrogens is 270 g/mol. The minimum atomic E-state index is -0.446. The molecule has 0 aliphatic carbocycles. The lowest BCUT2D eigenvalue weighted by Crippen LogP contribution is -2.10. The molecule has 2 rings (SSSR count). The molecule has 1 N–H and O–H groups in total. The highest BCUT2D eigenvalue weighted by Gasteiger charge is 2.16. The van der Waals surface area contributed by atoms with Crippen molar-refractivity contribution in [3.8, 4) is 5.75 Å². The van der Waals surface area contributed by atoms with Crippen molar-refractivity contribution in [3.05, 3.63) is 58.3 Å². The largest absolute Gasteiger partial charge is 0.494 e. The fourth-order valence-corrected chi connectivity index (χ4v) is 1.98. The molecule has 0 spiro atoms. The van der Waals surface area contributed by atoms with Gasteiger partial charge in [-0.15, -0.1) is 0 Å². The van der Waals surface area contributed by atoms with Gasteiger partial charge in [-0.05, 0) is 37.6 Å². The molecule has 21 heavy (non-hydrogen) atoms. The average Bonchev–Trinajstić information content (AvgIpc) is 2.48. The van der Waals surface area contributed by atoms with Gasteiger partial charge >= 0.3 is 5.69 Å². The van der Waals surface area contributed by atoms with E-state index in [-0.39, 0.29) is 17.5 Å². The summed E-state index contributed by atoms with van der Waals surface area (Å²) in [5.41, 5.74) is 0.936. The Morgan fingerprint density at radius 1 is 1.38 bits per heavy atom. The number of nitro groups is 1. The van der Waals surface area contributed by atoms with Crippen LogP contribution in [0, 0.1) is 10.1 Å². The van der Waals surface area contributed by atoms with Crippen LogP contribution in [0.15, 0.2) is 42.6 Å². The normalized spacial score (nSPS) is 11.7. The fraction of sp³-hybridized carbons (Fsp3) is 0.267. The average molecular weight is 287 g/mol. The zero-order valence-corrected chi connectivity index (χ0v) is 11.9. The molecule has 0 saturated carbocycles. The highest BCUT2D eigenvalue weighted by molar-refractivity contribution is 5.56. The van der Waals surface area contributed by atoms with E-state index < -0.39 is 4.92 Å². The lowest BCUT2D eigenvalue weighted by atomic mass is 10.1. The second-order valence-corrected chi connectivity index (χ2v) is 4.50. The molecule has 1 atom stereocenters. The van der Waals surface area contributed by atoms with Gasteiger partial charge in [-0.2, -0.15) is 0 Å². The van der Waals surface area contributed by atoms with Crippen LogP contribution in [0.3, 0.4) is 0 Å². The first-order valence-corrected chi connectivity index (χ1v) is 6.70. The molecule has 0 bridgehead atoms. The van der Waals surface area contributed by atoms with Crippen molar-refractivity contribution in [1.29, 1.82) is 0 Å². The molecule has 2 aromatic rings. The van der Waals surface area contributed by atoms with Crippen molar-refractivity contribution in [3.63, 3.8) is 0 Å². The van der Waals surface area contributed by atoms with E-state index in [1.165, 1.54) is 12.3 Å².